The van der Waals surface area contributed by atoms with Gasteiger partial charge in [0.25, 0.3) is 0 Å². The van der Waals surface area contributed by atoms with Gasteiger partial charge in [0, 0.05) is 16.3 Å². The Hall–Kier alpha value is -3.45. The van der Waals surface area contributed by atoms with Gasteiger partial charge in [0.05, 0.1) is 5.39 Å². The van der Waals surface area contributed by atoms with Crippen molar-refractivity contribution in [2.24, 2.45) is 0 Å². The zero-order chi connectivity index (χ0) is 21.2. The lowest BCUT2D eigenvalue weighted by atomic mass is 9.97. The van der Waals surface area contributed by atoms with Crippen molar-refractivity contribution in [1.82, 2.24) is 9.97 Å². The molecule has 0 saturated heterocycles. The average molecular weight is 431 g/mol. The van der Waals surface area contributed by atoms with E-state index in [-0.39, 0.29) is 6.03 Å². The molecule has 0 atom stereocenters. The second-order valence-corrected chi connectivity index (χ2v) is 8.73. The number of amides is 2. The van der Waals surface area contributed by atoms with Gasteiger partial charge in [0.15, 0.2) is 0 Å². The number of nitrogens with zero attached hydrogens (tertiary/aromatic N) is 2. The van der Waals surface area contributed by atoms with Gasteiger partial charge in [-0.1, -0.05) is 12.1 Å². The van der Waals surface area contributed by atoms with Crippen molar-refractivity contribution in [3.05, 3.63) is 70.9 Å². The predicted molar refractivity (Wildman–Crippen MR) is 124 cm³/mol. The van der Waals surface area contributed by atoms with Crippen molar-refractivity contribution in [2.75, 3.05) is 10.6 Å². The summed E-state index contributed by atoms with van der Waals surface area (Å²) >= 11 is 1.75. The van der Waals surface area contributed by atoms with E-state index in [0.29, 0.717) is 17.3 Å². The molecule has 1 aliphatic carbocycles. The molecule has 0 fully saturated rings. The maximum Gasteiger partial charge on any atom is 0.323 e. The molecule has 2 aromatic heterocycles. The summed E-state index contributed by atoms with van der Waals surface area (Å²) in [4.78, 5) is 23.5. The molecule has 0 radical (unpaired) electrons. The molecule has 156 valence electrons. The number of carbonyl (C=O) groups excluding carboxylic acids is 1. The zero-order valence-corrected chi connectivity index (χ0v) is 18.0. The number of hydrogen-bond donors (Lipinski definition) is 2. The lowest BCUT2D eigenvalue weighted by Crippen LogP contribution is -2.19. The number of carbonyl (C=O) groups is 1. The fourth-order valence-corrected chi connectivity index (χ4v) is 5.09. The standard InChI is InChI=1S/C24H22N4O2S/c1-15-5-4-6-17(13-15)28-24(29)27-16-9-11-18(12-10-16)30-22-21-19-7-2-3-8-20(19)31-23(21)26-14-25-22/h4-6,9-14H,2-3,7-8H2,1H3,(H2,27,28,29). The smallest absolute Gasteiger partial charge is 0.323 e. The minimum absolute atomic E-state index is 0.290. The number of ether oxygens (including phenoxy) is 1. The normalized spacial score (nSPS) is 12.9. The lowest BCUT2D eigenvalue weighted by Gasteiger charge is -2.12. The lowest BCUT2D eigenvalue weighted by molar-refractivity contribution is 0.262. The molecule has 4 aromatic rings. The van der Waals surface area contributed by atoms with Gasteiger partial charge in [0.1, 0.15) is 16.9 Å². The number of aromatic nitrogens is 2. The number of rotatable bonds is 4. The van der Waals surface area contributed by atoms with Crippen molar-refractivity contribution in [1.29, 1.82) is 0 Å². The number of urea groups is 1. The van der Waals surface area contributed by atoms with E-state index in [0.717, 1.165) is 34.3 Å². The maximum atomic E-state index is 12.3. The molecule has 1 aliphatic rings. The number of hydrogen-bond acceptors (Lipinski definition) is 5. The molecular formula is C24H22N4O2S. The number of nitrogens with one attached hydrogen (secondary N) is 2. The summed E-state index contributed by atoms with van der Waals surface area (Å²) < 4.78 is 6.11. The number of anilines is 2. The summed E-state index contributed by atoms with van der Waals surface area (Å²) in [5.41, 5.74) is 3.86. The number of aryl methyl sites for hydroxylation is 3. The topological polar surface area (TPSA) is 76.1 Å². The van der Waals surface area contributed by atoms with Crippen molar-refractivity contribution in [3.8, 4) is 11.6 Å². The van der Waals surface area contributed by atoms with Gasteiger partial charge in [-0.3, -0.25) is 0 Å². The van der Waals surface area contributed by atoms with Crippen LogP contribution in [0.15, 0.2) is 54.9 Å². The van der Waals surface area contributed by atoms with E-state index >= 15 is 0 Å². The summed E-state index contributed by atoms with van der Waals surface area (Å²) in [6.07, 6.45) is 6.15. The van der Waals surface area contributed by atoms with Gasteiger partial charge in [0.2, 0.25) is 5.88 Å². The van der Waals surface area contributed by atoms with Gasteiger partial charge in [-0.2, -0.15) is 0 Å². The molecule has 2 aromatic carbocycles. The first kappa shape index (κ1) is 19.5. The Morgan fingerprint density at radius 2 is 1.81 bits per heavy atom. The third-order valence-corrected chi connectivity index (χ3v) is 6.52. The summed E-state index contributed by atoms with van der Waals surface area (Å²) in [6, 6.07) is 14.7. The van der Waals surface area contributed by atoms with Crippen LogP contribution in [0.4, 0.5) is 16.2 Å². The predicted octanol–water partition coefficient (Wildman–Crippen LogP) is 6.31. The molecule has 2 amide bonds. The fraction of sp³-hybridized carbons (Fsp3) is 0.208. The van der Waals surface area contributed by atoms with E-state index in [2.05, 4.69) is 20.6 Å². The minimum Gasteiger partial charge on any atom is -0.438 e. The van der Waals surface area contributed by atoms with E-state index in [4.69, 9.17) is 4.74 Å². The second kappa shape index (κ2) is 8.35. The molecule has 0 aliphatic heterocycles. The first-order valence-electron chi connectivity index (χ1n) is 10.3. The van der Waals surface area contributed by atoms with Crippen molar-refractivity contribution in [2.45, 2.75) is 32.6 Å². The van der Waals surface area contributed by atoms with Crippen LogP contribution in [0.25, 0.3) is 10.2 Å². The maximum absolute atomic E-state index is 12.3. The van der Waals surface area contributed by atoms with E-state index in [9.17, 15) is 4.79 Å². The molecule has 5 rings (SSSR count). The Balaban J connectivity index is 1.30. The van der Waals surface area contributed by atoms with Gasteiger partial charge in [-0.05, 0) is 80.1 Å². The highest BCUT2D eigenvalue weighted by molar-refractivity contribution is 7.18. The molecule has 31 heavy (non-hydrogen) atoms. The average Bonchev–Trinajstić information content (AvgIpc) is 3.15. The highest BCUT2D eigenvalue weighted by atomic mass is 32.1. The summed E-state index contributed by atoms with van der Waals surface area (Å²) in [7, 11) is 0. The van der Waals surface area contributed by atoms with Crippen LogP contribution in [-0.2, 0) is 12.8 Å². The first-order chi connectivity index (χ1) is 15.2. The monoisotopic (exact) mass is 430 g/mol. The van der Waals surface area contributed by atoms with Crippen molar-refractivity contribution in [3.63, 3.8) is 0 Å². The molecule has 0 unspecified atom stereocenters. The molecule has 0 bridgehead atoms. The molecule has 7 heteroatoms. The van der Waals surface area contributed by atoms with Crippen molar-refractivity contribution < 1.29 is 9.53 Å². The second-order valence-electron chi connectivity index (χ2n) is 7.64. The van der Waals surface area contributed by atoms with E-state index in [1.165, 1.54) is 23.3 Å². The van der Waals surface area contributed by atoms with Crippen LogP contribution in [-0.4, -0.2) is 16.0 Å². The van der Waals surface area contributed by atoms with Crippen molar-refractivity contribution >= 4 is 39.0 Å². The van der Waals surface area contributed by atoms with Crippen LogP contribution in [0.3, 0.4) is 0 Å². The summed E-state index contributed by atoms with van der Waals surface area (Å²) in [5.74, 6) is 1.27. The van der Waals surface area contributed by atoms with Gasteiger partial charge in [-0.25, -0.2) is 14.8 Å². The third kappa shape index (κ3) is 4.22. The molecule has 2 heterocycles. The minimum atomic E-state index is -0.290. The van der Waals surface area contributed by atoms with E-state index in [1.807, 2.05) is 55.5 Å². The van der Waals surface area contributed by atoms with Crippen LogP contribution >= 0.6 is 11.3 Å². The molecule has 0 saturated carbocycles. The van der Waals surface area contributed by atoms with Gasteiger partial charge >= 0.3 is 6.03 Å². The summed E-state index contributed by atoms with van der Waals surface area (Å²) in [6.45, 7) is 1.99. The fourth-order valence-electron chi connectivity index (χ4n) is 3.87. The Kier molecular flexibility index (Phi) is 5.26. The van der Waals surface area contributed by atoms with E-state index in [1.54, 1.807) is 17.7 Å². The number of thiophene rings is 1. The van der Waals surface area contributed by atoms with Crippen LogP contribution in [0.1, 0.15) is 28.8 Å². The molecule has 2 N–H and O–H groups in total. The van der Waals surface area contributed by atoms with Gasteiger partial charge < -0.3 is 15.4 Å². The third-order valence-electron chi connectivity index (χ3n) is 5.32. The first-order valence-corrected chi connectivity index (χ1v) is 11.2. The SMILES string of the molecule is Cc1cccc(NC(=O)Nc2ccc(Oc3ncnc4sc5c(c34)CCCC5)cc2)c1. The van der Waals surface area contributed by atoms with Crippen LogP contribution < -0.4 is 15.4 Å². The Morgan fingerprint density at radius 1 is 1.00 bits per heavy atom. The highest BCUT2D eigenvalue weighted by Crippen LogP contribution is 2.40. The largest absolute Gasteiger partial charge is 0.438 e. The number of benzene rings is 2. The van der Waals surface area contributed by atoms with Crippen LogP contribution in [0, 0.1) is 6.92 Å². The van der Waals surface area contributed by atoms with Gasteiger partial charge in [-0.15, -0.1) is 11.3 Å². The summed E-state index contributed by atoms with van der Waals surface area (Å²) in [5, 5.41) is 6.72. The quantitative estimate of drug-likeness (QED) is 0.397. The molecular weight excluding hydrogens is 408 g/mol. The molecule has 0 spiro atoms. The van der Waals surface area contributed by atoms with Crippen LogP contribution in [0.5, 0.6) is 11.6 Å². The Labute approximate surface area is 184 Å². The van der Waals surface area contributed by atoms with Crippen LogP contribution in [0.2, 0.25) is 0 Å². The van der Waals surface area contributed by atoms with E-state index < -0.39 is 0 Å². The zero-order valence-electron chi connectivity index (χ0n) is 17.1. The Morgan fingerprint density at radius 3 is 2.65 bits per heavy atom. The Bertz CT molecular complexity index is 1250. The highest BCUT2D eigenvalue weighted by Gasteiger charge is 2.20. The molecule has 6 nitrogen and oxygen atoms in total. The number of fused-ring (bicyclic) bond motifs is 3.